The molecule has 1 aliphatic heterocycles. The maximum absolute atomic E-state index is 5.57. The molecular formula is C17H23N5O. The van der Waals surface area contributed by atoms with E-state index in [1.165, 1.54) is 0 Å². The first-order valence-corrected chi connectivity index (χ1v) is 7.91. The zero-order valence-corrected chi connectivity index (χ0v) is 13.9. The van der Waals surface area contributed by atoms with Crippen molar-refractivity contribution in [2.45, 2.75) is 32.4 Å². The summed E-state index contributed by atoms with van der Waals surface area (Å²) in [5.74, 6) is 1.87. The largest absolute Gasteiger partial charge is 0.380 e. The van der Waals surface area contributed by atoms with Gasteiger partial charge in [0.2, 0.25) is 0 Å². The molecule has 2 aromatic rings. The number of aryl methyl sites for hydroxylation is 2. The number of nitrogens with one attached hydrogen (secondary N) is 1. The highest BCUT2D eigenvalue weighted by Gasteiger charge is 2.33. The number of hydrogen-bond donors (Lipinski definition) is 1. The Labute approximate surface area is 136 Å². The molecule has 122 valence electrons. The molecule has 1 N–H and O–H groups in total. The molecular weight excluding hydrogens is 290 g/mol. The summed E-state index contributed by atoms with van der Waals surface area (Å²) in [5.41, 5.74) is 1.99. The summed E-state index contributed by atoms with van der Waals surface area (Å²) >= 11 is 0. The molecule has 1 fully saturated rings. The summed E-state index contributed by atoms with van der Waals surface area (Å²) in [6.07, 6.45) is 2.82. The Bertz CT molecular complexity index is 663. The molecule has 0 radical (unpaired) electrons. The quantitative estimate of drug-likeness (QED) is 0.913. The van der Waals surface area contributed by atoms with Crippen LogP contribution in [0.2, 0.25) is 0 Å². The van der Waals surface area contributed by atoms with Gasteiger partial charge < -0.3 is 15.0 Å². The maximum Gasteiger partial charge on any atom is 0.132 e. The van der Waals surface area contributed by atoms with Crippen molar-refractivity contribution in [1.29, 1.82) is 0 Å². The number of ether oxygens (including phenoxy) is 1. The van der Waals surface area contributed by atoms with Crippen molar-refractivity contribution >= 4 is 11.6 Å². The van der Waals surface area contributed by atoms with E-state index in [1.54, 1.807) is 13.4 Å². The van der Waals surface area contributed by atoms with E-state index >= 15 is 0 Å². The minimum Gasteiger partial charge on any atom is -0.380 e. The Hall–Kier alpha value is -2.21. The normalized spacial score (nSPS) is 20.7. The lowest BCUT2D eigenvalue weighted by atomic mass is 10.2. The van der Waals surface area contributed by atoms with E-state index in [4.69, 9.17) is 4.74 Å². The third-order valence-corrected chi connectivity index (χ3v) is 4.20. The summed E-state index contributed by atoms with van der Waals surface area (Å²) in [4.78, 5) is 15.4. The summed E-state index contributed by atoms with van der Waals surface area (Å²) in [7, 11) is 1.77. The third kappa shape index (κ3) is 3.76. The average molecular weight is 313 g/mol. The standard InChI is InChI=1S/C17H23N5O/c1-12-5-4-6-16(21-12)18-9-14-8-15(23-3)10-22(14)17-7-13(2)19-11-20-17/h4-7,11,14-15H,8-10H2,1-3H3,(H,18,21)/t14-,15-/m0/s1. The number of rotatable bonds is 5. The van der Waals surface area contributed by atoms with E-state index < -0.39 is 0 Å². The van der Waals surface area contributed by atoms with Gasteiger partial charge >= 0.3 is 0 Å². The molecule has 0 aliphatic carbocycles. The number of hydrogen-bond acceptors (Lipinski definition) is 6. The minimum atomic E-state index is 0.225. The molecule has 23 heavy (non-hydrogen) atoms. The van der Waals surface area contributed by atoms with Crippen LogP contribution in [0.5, 0.6) is 0 Å². The number of aromatic nitrogens is 3. The van der Waals surface area contributed by atoms with Crippen LogP contribution in [0.15, 0.2) is 30.6 Å². The first-order chi connectivity index (χ1) is 11.2. The Balaban J connectivity index is 1.72. The average Bonchev–Trinajstić information content (AvgIpc) is 2.96. The molecule has 0 amide bonds. The minimum absolute atomic E-state index is 0.225. The summed E-state index contributed by atoms with van der Waals surface area (Å²) in [5, 5.41) is 3.43. The van der Waals surface area contributed by atoms with Crippen LogP contribution in [0.25, 0.3) is 0 Å². The van der Waals surface area contributed by atoms with Crippen LogP contribution in [0.1, 0.15) is 17.8 Å². The van der Waals surface area contributed by atoms with Gasteiger partial charge in [-0.05, 0) is 32.4 Å². The molecule has 0 bridgehead atoms. The van der Waals surface area contributed by atoms with E-state index in [-0.39, 0.29) is 6.10 Å². The van der Waals surface area contributed by atoms with E-state index in [1.807, 2.05) is 38.1 Å². The second-order valence-electron chi connectivity index (χ2n) is 5.96. The molecule has 6 heteroatoms. The van der Waals surface area contributed by atoms with Crippen LogP contribution < -0.4 is 10.2 Å². The van der Waals surface area contributed by atoms with E-state index in [9.17, 15) is 0 Å². The predicted octanol–water partition coefficient (Wildman–Crippen LogP) is 2.19. The van der Waals surface area contributed by atoms with Gasteiger partial charge in [0.05, 0.1) is 12.1 Å². The highest BCUT2D eigenvalue weighted by Crippen LogP contribution is 2.26. The first kappa shape index (κ1) is 15.7. The molecule has 3 heterocycles. The van der Waals surface area contributed by atoms with Gasteiger partial charge in [-0.2, -0.15) is 0 Å². The zero-order chi connectivity index (χ0) is 16.2. The fourth-order valence-electron chi connectivity index (χ4n) is 2.98. The fraction of sp³-hybridized carbons (Fsp3) is 0.471. The van der Waals surface area contributed by atoms with Crippen molar-refractivity contribution < 1.29 is 4.74 Å². The second kappa shape index (κ2) is 6.91. The Morgan fingerprint density at radius 3 is 2.87 bits per heavy atom. The predicted molar refractivity (Wildman–Crippen MR) is 90.8 cm³/mol. The van der Waals surface area contributed by atoms with Gasteiger partial charge in [-0.3, -0.25) is 0 Å². The molecule has 1 saturated heterocycles. The van der Waals surface area contributed by atoms with Crippen LogP contribution in [-0.2, 0) is 4.74 Å². The monoisotopic (exact) mass is 313 g/mol. The van der Waals surface area contributed by atoms with E-state index in [0.29, 0.717) is 6.04 Å². The van der Waals surface area contributed by atoms with Crippen LogP contribution in [-0.4, -0.2) is 47.3 Å². The maximum atomic E-state index is 5.57. The Morgan fingerprint density at radius 1 is 1.26 bits per heavy atom. The van der Waals surface area contributed by atoms with Gasteiger partial charge in [0.25, 0.3) is 0 Å². The summed E-state index contributed by atoms with van der Waals surface area (Å²) in [6.45, 7) is 5.64. The van der Waals surface area contributed by atoms with Crippen molar-refractivity contribution in [1.82, 2.24) is 15.0 Å². The fourth-order valence-corrected chi connectivity index (χ4v) is 2.98. The van der Waals surface area contributed by atoms with Crippen molar-refractivity contribution in [3.8, 4) is 0 Å². The van der Waals surface area contributed by atoms with Gasteiger partial charge in [0.1, 0.15) is 18.0 Å². The van der Waals surface area contributed by atoms with Gasteiger partial charge in [-0.15, -0.1) is 0 Å². The summed E-state index contributed by atoms with van der Waals surface area (Å²) in [6, 6.07) is 8.35. The van der Waals surface area contributed by atoms with Crippen molar-refractivity contribution in [3.05, 3.63) is 42.0 Å². The lowest BCUT2D eigenvalue weighted by Gasteiger charge is -2.25. The van der Waals surface area contributed by atoms with Gasteiger partial charge in [-0.1, -0.05) is 6.07 Å². The van der Waals surface area contributed by atoms with Crippen LogP contribution in [0, 0.1) is 13.8 Å². The second-order valence-corrected chi connectivity index (χ2v) is 5.96. The molecule has 2 atom stereocenters. The van der Waals surface area contributed by atoms with Crippen molar-refractivity contribution in [3.63, 3.8) is 0 Å². The first-order valence-electron chi connectivity index (χ1n) is 7.91. The molecule has 6 nitrogen and oxygen atoms in total. The highest BCUT2D eigenvalue weighted by molar-refractivity contribution is 5.44. The topological polar surface area (TPSA) is 63.2 Å². The van der Waals surface area contributed by atoms with E-state index in [2.05, 4.69) is 25.2 Å². The highest BCUT2D eigenvalue weighted by atomic mass is 16.5. The molecule has 0 saturated carbocycles. The number of pyridine rings is 1. The smallest absolute Gasteiger partial charge is 0.132 e. The van der Waals surface area contributed by atoms with Crippen molar-refractivity contribution in [2.75, 3.05) is 30.4 Å². The molecule has 2 aromatic heterocycles. The molecule has 3 rings (SSSR count). The Morgan fingerprint density at radius 2 is 2.13 bits per heavy atom. The third-order valence-electron chi connectivity index (χ3n) is 4.20. The van der Waals surface area contributed by atoms with Gasteiger partial charge in [0.15, 0.2) is 0 Å². The van der Waals surface area contributed by atoms with Gasteiger partial charge in [-0.25, -0.2) is 15.0 Å². The Kier molecular flexibility index (Phi) is 4.71. The number of anilines is 2. The zero-order valence-electron chi connectivity index (χ0n) is 13.9. The lowest BCUT2D eigenvalue weighted by molar-refractivity contribution is 0.118. The summed E-state index contributed by atoms with van der Waals surface area (Å²) < 4.78 is 5.57. The van der Waals surface area contributed by atoms with Crippen LogP contribution in [0.3, 0.4) is 0 Å². The van der Waals surface area contributed by atoms with Crippen LogP contribution in [0.4, 0.5) is 11.6 Å². The molecule has 1 aliphatic rings. The molecule has 0 unspecified atom stereocenters. The van der Waals surface area contributed by atoms with Crippen molar-refractivity contribution in [2.24, 2.45) is 0 Å². The SMILES string of the molecule is CO[C@H]1C[C@@H](CNc2cccc(C)n2)N(c2cc(C)ncn2)C1. The molecule has 0 aromatic carbocycles. The lowest BCUT2D eigenvalue weighted by Crippen LogP contribution is -2.35. The molecule has 0 spiro atoms. The number of methoxy groups -OCH3 is 1. The number of nitrogens with zero attached hydrogens (tertiary/aromatic N) is 4. The van der Waals surface area contributed by atoms with Crippen LogP contribution >= 0.6 is 0 Å². The van der Waals surface area contributed by atoms with E-state index in [0.717, 1.165) is 42.5 Å². The van der Waals surface area contributed by atoms with Gasteiger partial charge in [0, 0.05) is 37.7 Å².